The van der Waals surface area contributed by atoms with Crippen molar-refractivity contribution in [2.75, 3.05) is 0 Å². The van der Waals surface area contributed by atoms with Crippen LogP contribution in [0.5, 0.6) is 0 Å². The molecule has 0 N–H and O–H groups in total. The van der Waals surface area contributed by atoms with Crippen LogP contribution in [0.15, 0.2) is 42.6 Å². The Labute approximate surface area is 71.9 Å². The maximum atomic E-state index is 11.9. The normalized spacial score (nSPS) is 33.0. The number of hydrogen-bond acceptors (Lipinski definition) is 1. The van der Waals surface area contributed by atoms with Crippen LogP contribution in [0.4, 0.5) is 5.69 Å². The van der Waals surface area contributed by atoms with Crippen LogP contribution in [-0.2, 0) is 0 Å². The summed E-state index contributed by atoms with van der Waals surface area (Å²) in [5.41, 5.74) is 0.813. The second-order valence-electron chi connectivity index (χ2n) is 3.13. The van der Waals surface area contributed by atoms with Crippen molar-refractivity contribution >= 4 is 5.69 Å². The van der Waals surface area contributed by atoms with Crippen LogP contribution in [0, 0.1) is 5.21 Å². The maximum absolute atomic E-state index is 11.9. The number of hydroxylamine groups is 2. The first-order chi connectivity index (χ1) is 5.73. The molecule has 1 heterocycles. The Morgan fingerprint density at radius 2 is 1.92 bits per heavy atom. The zero-order chi connectivity index (χ0) is 8.60. The summed E-state index contributed by atoms with van der Waals surface area (Å²) in [7, 11) is 0. The molecular weight excluding hydrogens is 150 g/mol. The van der Waals surface area contributed by atoms with Crippen molar-refractivity contribution in [3.63, 3.8) is 0 Å². The molecule has 2 unspecified atom stereocenters. The first-order valence-electron chi connectivity index (χ1n) is 4.08. The van der Waals surface area contributed by atoms with Gasteiger partial charge in [-0.1, -0.05) is 18.2 Å². The number of benzene rings is 1. The van der Waals surface area contributed by atoms with Crippen LogP contribution in [0.25, 0.3) is 0 Å². The maximum Gasteiger partial charge on any atom is 0.137 e. The van der Waals surface area contributed by atoms with Gasteiger partial charge in [0.1, 0.15) is 17.9 Å². The summed E-state index contributed by atoms with van der Waals surface area (Å²) in [6, 6.07) is 9.51. The number of hydrogen-bond donors (Lipinski definition) is 0. The Kier molecular flexibility index (Phi) is 1.53. The van der Waals surface area contributed by atoms with Crippen molar-refractivity contribution in [3.05, 3.63) is 47.8 Å². The second-order valence-corrected chi connectivity index (χ2v) is 3.13. The third-order valence-electron chi connectivity index (χ3n) is 2.35. The highest BCUT2D eigenvalue weighted by atomic mass is 16.6. The van der Waals surface area contributed by atoms with Crippen molar-refractivity contribution in [2.45, 2.75) is 13.0 Å². The van der Waals surface area contributed by atoms with Crippen LogP contribution in [0.1, 0.15) is 6.92 Å². The Morgan fingerprint density at radius 1 is 1.25 bits per heavy atom. The third-order valence-corrected chi connectivity index (χ3v) is 2.35. The molecule has 62 valence electrons. The molecule has 0 bridgehead atoms. The van der Waals surface area contributed by atoms with E-state index in [1.165, 1.54) is 0 Å². The number of quaternary nitrogens is 1. The van der Waals surface area contributed by atoms with Gasteiger partial charge in [0.25, 0.3) is 0 Å². The summed E-state index contributed by atoms with van der Waals surface area (Å²) >= 11 is 0. The summed E-state index contributed by atoms with van der Waals surface area (Å²) in [5, 5.41) is 11.9. The fraction of sp³-hybridized carbons (Fsp3) is 0.200. The van der Waals surface area contributed by atoms with Gasteiger partial charge in [-0.2, -0.15) is 0 Å². The SMILES string of the molecule is CC1C=C[N+]1([O-])c1ccccc1. The van der Waals surface area contributed by atoms with Gasteiger partial charge in [0.15, 0.2) is 0 Å². The van der Waals surface area contributed by atoms with E-state index >= 15 is 0 Å². The Morgan fingerprint density at radius 3 is 2.33 bits per heavy atom. The molecule has 0 spiro atoms. The molecule has 12 heavy (non-hydrogen) atoms. The zero-order valence-electron chi connectivity index (χ0n) is 6.97. The van der Waals surface area contributed by atoms with Gasteiger partial charge >= 0.3 is 0 Å². The topological polar surface area (TPSA) is 23.1 Å². The molecule has 0 saturated heterocycles. The van der Waals surface area contributed by atoms with E-state index in [2.05, 4.69) is 0 Å². The van der Waals surface area contributed by atoms with E-state index in [0.717, 1.165) is 5.69 Å². The van der Waals surface area contributed by atoms with E-state index < -0.39 is 0 Å². The molecule has 1 aromatic rings. The van der Waals surface area contributed by atoms with E-state index in [1.54, 1.807) is 6.20 Å². The highest BCUT2D eigenvalue weighted by molar-refractivity contribution is 5.50. The molecule has 0 radical (unpaired) electrons. The lowest BCUT2D eigenvalue weighted by Crippen LogP contribution is -2.50. The van der Waals surface area contributed by atoms with E-state index in [4.69, 9.17) is 0 Å². The van der Waals surface area contributed by atoms with Crippen molar-refractivity contribution in [2.24, 2.45) is 0 Å². The van der Waals surface area contributed by atoms with Gasteiger partial charge in [-0.15, -0.1) is 0 Å². The minimum atomic E-state index is -0.305. The summed E-state index contributed by atoms with van der Waals surface area (Å²) in [6.45, 7) is 1.93. The van der Waals surface area contributed by atoms with Gasteiger partial charge in [0, 0.05) is 6.08 Å². The molecule has 1 aromatic carbocycles. The van der Waals surface area contributed by atoms with Crippen LogP contribution < -0.4 is 4.65 Å². The van der Waals surface area contributed by atoms with Crippen molar-refractivity contribution in [1.29, 1.82) is 0 Å². The number of para-hydroxylation sites is 1. The van der Waals surface area contributed by atoms with E-state index in [0.29, 0.717) is 0 Å². The largest absolute Gasteiger partial charge is 0.622 e. The molecule has 2 atom stereocenters. The molecular formula is C10H11NO. The minimum Gasteiger partial charge on any atom is -0.622 e. The van der Waals surface area contributed by atoms with Crippen LogP contribution in [0.3, 0.4) is 0 Å². The van der Waals surface area contributed by atoms with Crippen LogP contribution in [-0.4, -0.2) is 6.04 Å². The smallest absolute Gasteiger partial charge is 0.137 e. The lowest BCUT2D eigenvalue weighted by molar-refractivity contribution is 0.391. The fourth-order valence-electron chi connectivity index (χ4n) is 1.40. The van der Waals surface area contributed by atoms with E-state index in [9.17, 15) is 5.21 Å². The molecule has 1 aliphatic rings. The highest BCUT2D eigenvalue weighted by Gasteiger charge is 2.30. The molecule has 0 saturated carbocycles. The van der Waals surface area contributed by atoms with Gasteiger partial charge in [0.2, 0.25) is 0 Å². The monoisotopic (exact) mass is 161 g/mol. The van der Waals surface area contributed by atoms with Gasteiger partial charge in [-0.25, -0.2) is 0 Å². The Balaban J connectivity index is 2.38. The van der Waals surface area contributed by atoms with Crippen LogP contribution >= 0.6 is 0 Å². The zero-order valence-corrected chi connectivity index (χ0v) is 6.97. The molecule has 0 amide bonds. The molecule has 0 fully saturated rings. The predicted octanol–water partition coefficient (Wildman–Crippen LogP) is 2.41. The van der Waals surface area contributed by atoms with Gasteiger partial charge in [-0.3, -0.25) is 4.65 Å². The first kappa shape index (κ1) is 7.53. The van der Waals surface area contributed by atoms with Gasteiger partial charge < -0.3 is 5.21 Å². The molecule has 1 aliphatic heterocycles. The van der Waals surface area contributed by atoms with Crippen molar-refractivity contribution in [1.82, 2.24) is 4.65 Å². The van der Waals surface area contributed by atoms with E-state index in [1.807, 2.05) is 43.3 Å². The van der Waals surface area contributed by atoms with Crippen molar-refractivity contribution in [3.8, 4) is 0 Å². The molecule has 0 aromatic heterocycles. The Hall–Kier alpha value is -1.12. The number of rotatable bonds is 1. The molecule has 2 rings (SSSR count). The molecule has 2 nitrogen and oxygen atoms in total. The summed E-state index contributed by atoms with van der Waals surface area (Å²) in [5.74, 6) is 0. The molecule has 2 heteroatoms. The predicted molar refractivity (Wildman–Crippen MR) is 50.2 cm³/mol. The van der Waals surface area contributed by atoms with E-state index in [-0.39, 0.29) is 10.7 Å². The highest BCUT2D eigenvalue weighted by Crippen LogP contribution is 2.32. The number of nitrogens with zero attached hydrogens (tertiary/aromatic N) is 1. The molecule has 0 aliphatic carbocycles. The van der Waals surface area contributed by atoms with Gasteiger partial charge in [0.05, 0.1) is 0 Å². The minimum absolute atomic E-state index is 0.0624. The lowest BCUT2D eigenvalue weighted by Gasteiger charge is -2.47. The fourth-order valence-corrected chi connectivity index (χ4v) is 1.40. The lowest BCUT2D eigenvalue weighted by atomic mass is 10.1. The van der Waals surface area contributed by atoms with Crippen LogP contribution in [0.2, 0.25) is 0 Å². The average molecular weight is 161 g/mol. The van der Waals surface area contributed by atoms with Gasteiger partial charge in [-0.05, 0) is 19.1 Å². The van der Waals surface area contributed by atoms with Crippen molar-refractivity contribution < 1.29 is 0 Å². The quantitative estimate of drug-likeness (QED) is 0.458. The first-order valence-corrected chi connectivity index (χ1v) is 4.08. The summed E-state index contributed by atoms with van der Waals surface area (Å²) in [4.78, 5) is 0. The standard InChI is InChI=1S/C10H11NO/c1-9-7-8-11(9,12)10-5-3-2-4-6-10/h2-9H,1H3. The second kappa shape index (κ2) is 2.44. The summed E-state index contributed by atoms with van der Waals surface area (Å²) < 4.78 is -0.305. The average Bonchev–Trinajstić information content (AvgIpc) is 2.16. The Bertz CT molecular complexity index is 307. The third kappa shape index (κ3) is 0.891. The summed E-state index contributed by atoms with van der Waals surface area (Å²) in [6.07, 6.45) is 3.61.